The van der Waals surface area contributed by atoms with Crippen molar-refractivity contribution in [3.63, 3.8) is 0 Å². The van der Waals surface area contributed by atoms with Crippen molar-refractivity contribution in [2.75, 3.05) is 27.2 Å². The summed E-state index contributed by atoms with van der Waals surface area (Å²) in [7, 11) is 4.08. The van der Waals surface area contributed by atoms with Crippen molar-refractivity contribution in [3.8, 4) is 0 Å². The van der Waals surface area contributed by atoms with Gasteiger partial charge in [0.1, 0.15) is 0 Å². The predicted molar refractivity (Wildman–Crippen MR) is 97.3 cm³/mol. The summed E-state index contributed by atoms with van der Waals surface area (Å²) in [6.45, 7) is 7.20. The Balaban J connectivity index is 2.82. The SMILES string of the molecule is CCc1ccc(C(CNC(=O)C(CC)(CC)CN)N(C)C)cc1. The van der Waals surface area contributed by atoms with E-state index in [1.54, 1.807) is 0 Å². The Morgan fingerprint density at radius 2 is 1.74 bits per heavy atom. The van der Waals surface area contributed by atoms with E-state index in [1.165, 1.54) is 11.1 Å². The lowest BCUT2D eigenvalue weighted by Gasteiger charge is -2.31. The van der Waals surface area contributed by atoms with Crippen LogP contribution in [-0.4, -0.2) is 38.0 Å². The van der Waals surface area contributed by atoms with Crippen LogP contribution in [0.5, 0.6) is 0 Å². The monoisotopic (exact) mass is 319 g/mol. The zero-order valence-corrected chi connectivity index (χ0v) is 15.4. The fourth-order valence-electron chi connectivity index (χ4n) is 2.90. The van der Waals surface area contributed by atoms with E-state index in [2.05, 4.69) is 41.4 Å². The highest BCUT2D eigenvalue weighted by atomic mass is 16.2. The highest BCUT2D eigenvalue weighted by molar-refractivity contribution is 5.82. The Labute approximate surface area is 141 Å². The number of aryl methyl sites for hydroxylation is 1. The summed E-state index contributed by atoms with van der Waals surface area (Å²) in [6.07, 6.45) is 2.57. The normalized spacial score (nSPS) is 13.2. The second-order valence-electron chi connectivity index (χ2n) is 6.48. The third-order valence-electron chi connectivity index (χ3n) is 5.08. The Hall–Kier alpha value is -1.39. The number of hydrogen-bond acceptors (Lipinski definition) is 3. The molecule has 23 heavy (non-hydrogen) atoms. The highest BCUT2D eigenvalue weighted by Crippen LogP contribution is 2.26. The summed E-state index contributed by atoms with van der Waals surface area (Å²) in [5, 5.41) is 3.12. The number of nitrogens with two attached hydrogens (primary N) is 1. The van der Waals surface area contributed by atoms with Crippen LogP contribution in [0.1, 0.15) is 50.8 Å². The lowest BCUT2D eigenvalue weighted by atomic mass is 9.81. The van der Waals surface area contributed by atoms with Gasteiger partial charge in [0, 0.05) is 13.1 Å². The number of nitrogens with zero attached hydrogens (tertiary/aromatic N) is 1. The molecule has 130 valence electrons. The van der Waals surface area contributed by atoms with E-state index in [1.807, 2.05) is 27.9 Å². The maximum absolute atomic E-state index is 12.6. The molecule has 0 saturated carbocycles. The maximum atomic E-state index is 12.6. The molecule has 1 unspecified atom stereocenters. The number of hydrogen-bond donors (Lipinski definition) is 2. The zero-order chi connectivity index (χ0) is 17.5. The first-order valence-corrected chi connectivity index (χ1v) is 8.67. The average Bonchev–Trinajstić information content (AvgIpc) is 2.57. The van der Waals surface area contributed by atoms with Gasteiger partial charge in [0.25, 0.3) is 0 Å². The van der Waals surface area contributed by atoms with Gasteiger partial charge in [-0.3, -0.25) is 4.79 Å². The van der Waals surface area contributed by atoms with Crippen LogP contribution in [0.2, 0.25) is 0 Å². The van der Waals surface area contributed by atoms with E-state index < -0.39 is 5.41 Å². The van der Waals surface area contributed by atoms with Gasteiger partial charge < -0.3 is 16.0 Å². The number of rotatable bonds is 9. The van der Waals surface area contributed by atoms with E-state index in [-0.39, 0.29) is 11.9 Å². The number of nitrogens with one attached hydrogen (secondary N) is 1. The number of likely N-dealkylation sites (N-methyl/N-ethyl adjacent to an activating group) is 1. The van der Waals surface area contributed by atoms with Gasteiger partial charge in [-0.25, -0.2) is 0 Å². The molecular weight excluding hydrogens is 286 g/mol. The highest BCUT2D eigenvalue weighted by Gasteiger charge is 2.33. The molecule has 0 spiro atoms. The number of amides is 1. The molecule has 0 aliphatic carbocycles. The van der Waals surface area contributed by atoms with Crippen molar-refractivity contribution < 1.29 is 4.79 Å². The Morgan fingerprint density at radius 3 is 2.13 bits per heavy atom. The molecule has 0 saturated heterocycles. The van der Waals surface area contributed by atoms with Crippen LogP contribution in [0.25, 0.3) is 0 Å². The molecule has 1 aromatic carbocycles. The molecule has 0 fully saturated rings. The molecule has 1 rings (SSSR count). The summed E-state index contributed by atoms with van der Waals surface area (Å²) in [5.41, 5.74) is 7.98. The van der Waals surface area contributed by atoms with E-state index in [9.17, 15) is 4.79 Å². The van der Waals surface area contributed by atoms with Crippen LogP contribution in [0.3, 0.4) is 0 Å². The van der Waals surface area contributed by atoms with Gasteiger partial charge in [-0.05, 0) is 44.5 Å². The minimum Gasteiger partial charge on any atom is -0.354 e. The standard InChI is InChI=1S/C19H33N3O/c1-6-15-9-11-16(12-10-15)17(22(4)5)13-21-18(23)19(7-2,8-3)14-20/h9-12,17H,6-8,13-14,20H2,1-5H3,(H,21,23). The van der Waals surface area contributed by atoms with Crippen molar-refractivity contribution in [2.45, 2.75) is 46.1 Å². The van der Waals surface area contributed by atoms with Gasteiger partial charge in [0.05, 0.1) is 11.5 Å². The van der Waals surface area contributed by atoms with E-state index in [4.69, 9.17) is 5.73 Å². The summed E-state index contributed by atoms with van der Waals surface area (Å²) in [6, 6.07) is 8.80. The second kappa shape index (κ2) is 9.04. The molecule has 0 aromatic heterocycles. The molecule has 4 nitrogen and oxygen atoms in total. The van der Waals surface area contributed by atoms with Crippen molar-refractivity contribution in [3.05, 3.63) is 35.4 Å². The largest absolute Gasteiger partial charge is 0.354 e. The molecule has 4 heteroatoms. The Bertz CT molecular complexity index is 470. The van der Waals surface area contributed by atoms with Gasteiger partial charge in [-0.1, -0.05) is 45.0 Å². The number of carbonyl (C=O) groups is 1. The lowest BCUT2D eigenvalue weighted by molar-refractivity contribution is -0.131. The summed E-state index contributed by atoms with van der Waals surface area (Å²) in [4.78, 5) is 14.7. The topological polar surface area (TPSA) is 58.4 Å². The van der Waals surface area contributed by atoms with Crippen molar-refractivity contribution in [1.82, 2.24) is 10.2 Å². The quantitative estimate of drug-likeness (QED) is 0.736. The fraction of sp³-hybridized carbons (Fsp3) is 0.632. The predicted octanol–water partition coefficient (Wildman–Crippen LogP) is 2.73. The number of carbonyl (C=O) groups excluding carboxylic acids is 1. The molecule has 1 atom stereocenters. The molecular formula is C19H33N3O. The van der Waals surface area contributed by atoms with Gasteiger partial charge in [-0.2, -0.15) is 0 Å². The Kier molecular flexibility index (Phi) is 7.73. The van der Waals surface area contributed by atoms with Crippen LogP contribution >= 0.6 is 0 Å². The molecule has 1 amide bonds. The van der Waals surface area contributed by atoms with Gasteiger partial charge >= 0.3 is 0 Å². The van der Waals surface area contributed by atoms with Gasteiger partial charge in [-0.15, -0.1) is 0 Å². The van der Waals surface area contributed by atoms with Crippen molar-refractivity contribution in [1.29, 1.82) is 0 Å². The van der Waals surface area contributed by atoms with E-state index >= 15 is 0 Å². The molecule has 0 bridgehead atoms. The summed E-state index contributed by atoms with van der Waals surface area (Å²) in [5.74, 6) is 0.0713. The average molecular weight is 319 g/mol. The molecule has 0 aliphatic heterocycles. The summed E-state index contributed by atoms with van der Waals surface area (Å²) < 4.78 is 0. The molecule has 3 N–H and O–H groups in total. The second-order valence-corrected chi connectivity index (χ2v) is 6.48. The van der Waals surface area contributed by atoms with Crippen LogP contribution in [0.4, 0.5) is 0 Å². The number of benzene rings is 1. The first-order chi connectivity index (χ1) is 10.9. The molecule has 0 aliphatic rings. The maximum Gasteiger partial charge on any atom is 0.227 e. The van der Waals surface area contributed by atoms with Gasteiger partial charge in [0.15, 0.2) is 0 Å². The zero-order valence-electron chi connectivity index (χ0n) is 15.4. The minimum atomic E-state index is -0.442. The van der Waals surface area contributed by atoms with Crippen molar-refractivity contribution in [2.24, 2.45) is 11.1 Å². The van der Waals surface area contributed by atoms with Crippen LogP contribution < -0.4 is 11.1 Å². The third kappa shape index (κ3) is 4.79. The van der Waals surface area contributed by atoms with Crippen LogP contribution in [0, 0.1) is 5.41 Å². The van der Waals surface area contributed by atoms with E-state index in [0.29, 0.717) is 13.1 Å². The fourth-order valence-corrected chi connectivity index (χ4v) is 2.90. The lowest BCUT2D eigenvalue weighted by Crippen LogP contribution is -2.47. The molecule has 0 heterocycles. The summed E-state index contributed by atoms with van der Waals surface area (Å²) >= 11 is 0. The first-order valence-electron chi connectivity index (χ1n) is 8.67. The van der Waals surface area contributed by atoms with Crippen molar-refractivity contribution >= 4 is 5.91 Å². The van der Waals surface area contributed by atoms with Crippen LogP contribution in [-0.2, 0) is 11.2 Å². The minimum absolute atomic E-state index is 0.0713. The van der Waals surface area contributed by atoms with Crippen LogP contribution in [0.15, 0.2) is 24.3 Å². The third-order valence-corrected chi connectivity index (χ3v) is 5.08. The van der Waals surface area contributed by atoms with E-state index in [0.717, 1.165) is 19.3 Å². The molecule has 1 aromatic rings. The molecule has 0 radical (unpaired) electrons. The first kappa shape index (κ1) is 19.7. The van der Waals surface area contributed by atoms with Gasteiger partial charge in [0.2, 0.25) is 5.91 Å². The Morgan fingerprint density at radius 1 is 1.17 bits per heavy atom. The smallest absolute Gasteiger partial charge is 0.227 e.